The van der Waals surface area contributed by atoms with Gasteiger partial charge in [-0.15, -0.1) is 0 Å². The van der Waals surface area contributed by atoms with Gasteiger partial charge in [0.2, 0.25) is 10.0 Å². The van der Waals surface area contributed by atoms with Crippen LogP contribution in [0.25, 0.3) is 0 Å². The molecule has 0 bridgehead atoms. The van der Waals surface area contributed by atoms with Gasteiger partial charge < -0.3 is 10.1 Å². The lowest BCUT2D eigenvalue weighted by Gasteiger charge is -2.12. The third-order valence-corrected chi connectivity index (χ3v) is 4.63. The Morgan fingerprint density at radius 1 is 1.33 bits per heavy atom. The van der Waals surface area contributed by atoms with Crippen LogP contribution in [0.4, 0.5) is 5.82 Å². The monoisotopic (exact) mass is 379 g/mol. The molecule has 0 aliphatic heterocycles. The number of nitrogens with zero attached hydrogens (tertiary/aromatic N) is 1. The first-order valence-electron chi connectivity index (χ1n) is 6.89. The summed E-state index contributed by atoms with van der Waals surface area (Å²) >= 11 is 3.26. The number of sulfonamides is 1. The van der Waals surface area contributed by atoms with E-state index in [1.165, 1.54) is 0 Å². The van der Waals surface area contributed by atoms with Crippen LogP contribution in [-0.2, 0) is 14.8 Å². The summed E-state index contributed by atoms with van der Waals surface area (Å²) in [4.78, 5) is 4.31. The minimum Gasteiger partial charge on any atom is -0.385 e. The molecule has 0 unspecified atom stereocenters. The largest absolute Gasteiger partial charge is 0.385 e. The van der Waals surface area contributed by atoms with Gasteiger partial charge >= 0.3 is 0 Å². The molecule has 2 N–H and O–H groups in total. The van der Waals surface area contributed by atoms with Crippen LogP contribution in [-0.4, -0.2) is 40.2 Å². The normalized spacial score (nSPS) is 11.6. The Bertz CT molecular complexity index is 537. The molecule has 0 saturated heterocycles. The van der Waals surface area contributed by atoms with Gasteiger partial charge in [-0.3, -0.25) is 0 Å². The van der Waals surface area contributed by atoms with E-state index in [4.69, 9.17) is 4.74 Å². The lowest BCUT2D eigenvalue weighted by molar-refractivity contribution is 0.193. The zero-order valence-electron chi connectivity index (χ0n) is 12.4. The van der Waals surface area contributed by atoms with E-state index in [2.05, 4.69) is 31.0 Å². The third kappa shape index (κ3) is 6.29. The van der Waals surface area contributed by atoms with Crippen molar-refractivity contribution in [2.24, 2.45) is 0 Å². The van der Waals surface area contributed by atoms with Gasteiger partial charge in [0, 0.05) is 37.5 Å². The molecule has 0 amide bonds. The summed E-state index contributed by atoms with van der Waals surface area (Å²) in [5.41, 5.74) is 0. The van der Waals surface area contributed by atoms with Gasteiger partial charge in [-0.1, -0.05) is 6.92 Å². The highest BCUT2D eigenvalue weighted by molar-refractivity contribution is 9.10. The quantitative estimate of drug-likeness (QED) is 0.610. The average molecular weight is 380 g/mol. The zero-order chi connectivity index (χ0) is 15.7. The molecule has 1 heterocycles. The van der Waals surface area contributed by atoms with E-state index in [9.17, 15) is 8.42 Å². The van der Waals surface area contributed by atoms with Crippen LogP contribution in [0.5, 0.6) is 0 Å². The lowest BCUT2D eigenvalue weighted by Crippen LogP contribution is -2.26. The molecule has 1 aromatic rings. The molecular weight excluding hydrogens is 358 g/mol. The topological polar surface area (TPSA) is 80.3 Å². The summed E-state index contributed by atoms with van der Waals surface area (Å²) in [6.07, 6.45) is 4.01. The van der Waals surface area contributed by atoms with Crippen molar-refractivity contribution in [3.8, 4) is 0 Å². The molecule has 120 valence electrons. The summed E-state index contributed by atoms with van der Waals surface area (Å²) in [5, 5.41) is 3.04. The van der Waals surface area contributed by atoms with Gasteiger partial charge in [-0.05, 0) is 41.3 Å². The second kappa shape index (κ2) is 9.34. The van der Waals surface area contributed by atoms with Gasteiger partial charge in [0.25, 0.3) is 0 Å². The van der Waals surface area contributed by atoms with Crippen molar-refractivity contribution in [3.05, 3.63) is 16.7 Å². The van der Waals surface area contributed by atoms with E-state index < -0.39 is 10.0 Å². The van der Waals surface area contributed by atoms with E-state index >= 15 is 0 Å². The van der Waals surface area contributed by atoms with Crippen molar-refractivity contribution in [1.82, 2.24) is 9.71 Å². The first kappa shape index (κ1) is 18.3. The van der Waals surface area contributed by atoms with Crippen molar-refractivity contribution in [3.63, 3.8) is 0 Å². The summed E-state index contributed by atoms with van der Waals surface area (Å²) in [6.45, 7) is 3.69. The van der Waals surface area contributed by atoms with Gasteiger partial charge in [0.05, 0.1) is 0 Å². The molecule has 1 aromatic heterocycles. The molecule has 0 fully saturated rings. The van der Waals surface area contributed by atoms with Crippen LogP contribution < -0.4 is 10.0 Å². The first-order valence-corrected chi connectivity index (χ1v) is 9.17. The van der Waals surface area contributed by atoms with Crippen LogP contribution in [0, 0.1) is 0 Å². The number of anilines is 1. The van der Waals surface area contributed by atoms with Gasteiger partial charge in [0.1, 0.15) is 10.7 Å². The fourth-order valence-electron chi connectivity index (χ4n) is 1.66. The number of methoxy groups -OCH3 is 1. The Morgan fingerprint density at radius 3 is 2.76 bits per heavy atom. The number of rotatable bonds is 10. The Balaban J connectivity index is 2.78. The lowest BCUT2D eigenvalue weighted by atomic mass is 10.3. The number of hydrogen-bond acceptors (Lipinski definition) is 5. The van der Waals surface area contributed by atoms with Gasteiger partial charge in [-0.25, -0.2) is 18.1 Å². The van der Waals surface area contributed by atoms with E-state index in [0.717, 1.165) is 19.3 Å². The number of ether oxygens (including phenoxy) is 1. The molecule has 0 aromatic carbocycles. The smallest absolute Gasteiger partial charge is 0.244 e. The fraction of sp³-hybridized carbons (Fsp3) is 0.615. The number of nitrogens with one attached hydrogen (secondary N) is 2. The molecule has 0 atom stereocenters. The number of hydrogen-bond donors (Lipinski definition) is 2. The Hall–Kier alpha value is -0.700. The molecule has 0 saturated carbocycles. The highest BCUT2D eigenvalue weighted by atomic mass is 79.9. The van der Waals surface area contributed by atoms with E-state index in [1.807, 2.05) is 6.92 Å². The molecule has 21 heavy (non-hydrogen) atoms. The first-order chi connectivity index (χ1) is 10.0. The maximum Gasteiger partial charge on any atom is 0.244 e. The summed E-state index contributed by atoms with van der Waals surface area (Å²) in [7, 11) is -1.95. The minimum atomic E-state index is -3.58. The molecule has 0 aliphatic carbocycles. The Morgan fingerprint density at radius 2 is 2.10 bits per heavy atom. The van der Waals surface area contributed by atoms with Gasteiger partial charge in [-0.2, -0.15) is 0 Å². The van der Waals surface area contributed by atoms with E-state index in [1.54, 1.807) is 19.4 Å². The van der Waals surface area contributed by atoms with Crippen molar-refractivity contribution in [1.29, 1.82) is 0 Å². The van der Waals surface area contributed by atoms with Crippen molar-refractivity contribution in [2.75, 3.05) is 32.1 Å². The number of halogens is 1. The predicted molar refractivity (Wildman–Crippen MR) is 87.0 cm³/mol. The van der Waals surface area contributed by atoms with E-state index in [0.29, 0.717) is 30.0 Å². The van der Waals surface area contributed by atoms with E-state index in [-0.39, 0.29) is 4.90 Å². The zero-order valence-corrected chi connectivity index (χ0v) is 14.8. The molecular formula is C13H22BrN3O3S. The van der Waals surface area contributed by atoms with Crippen LogP contribution in [0.15, 0.2) is 21.6 Å². The second-order valence-corrected chi connectivity index (χ2v) is 7.18. The maximum absolute atomic E-state index is 12.4. The second-order valence-electron chi connectivity index (χ2n) is 4.52. The number of pyridine rings is 1. The molecule has 1 rings (SSSR count). The van der Waals surface area contributed by atoms with Crippen molar-refractivity contribution < 1.29 is 13.2 Å². The molecule has 8 heteroatoms. The summed E-state index contributed by atoms with van der Waals surface area (Å²) in [6, 6.07) is 1.56. The summed E-state index contributed by atoms with van der Waals surface area (Å²) < 4.78 is 32.9. The molecule has 6 nitrogen and oxygen atoms in total. The molecule has 0 spiro atoms. The fourth-order valence-corrected chi connectivity index (χ4v) is 3.37. The van der Waals surface area contributed by atoms with Gasteiger partial charge in [0.15, 0.2) is 0 Å². The minimum absolute atomic E-state index is 0.164. The predicted octanol–water partition coefficient (Wildman–Crippen LogP) is 2.37. The highest BCUT2D eigenvalue weighted by Gasteiger charge is 2.19. The van der Waals surface area contributed by atoms with Crippen molar-refractivity contribution in [2.45, 2.75) is 31.1 Å². The average Bonchev–Trinajstić information content (AvgIpc) is 2.45. The van der Waals surface area contributed by atoms with Crippen molar-refractivity contribution >= 4 is 31.8 Å². The SMILES string of the molecule is CCCNc1ncc(Br)cc1S(=O)(=O)NCCCCOC. The van der Waals surface area contributed by atoms with Crippen LogP contribution in [0.1, 0.15) is 26.2 Å². The highest BCUT2D eigenvalue weighted by Crippen LogP contribution is 2.22. The molecule has 0 radical (unpaired) electrons. The number of unbranched alkanes of at least 4 members (excludes halogenated alkanes) is 1. The Kier molecular flexibility index (Phi) is 8.16. The Labute approximate surface area is 134 Å². The van der Waals surface area contributed by atoms with Crippen LogP contribution >= 0.6 is 15.9 Å². The third-order valence-electron chi connectivity index (χ3n) is 2.72. The number of aromatic nitrogens is 1. The van der Waals surface area contributed by atoms with Crippen LogP contribution in [0.3, 0.4) is 0 Å². The van der Waals surface area contributed by atoms with Crippen LogP contribution in [0.2, 0.25) is 0 Å². The standard InChI is InChI=1S/C13H22BrN3O3S/c1-3-6-15-13-12(9-11(14)10-16-13)21(18,19)17-7-4-5-8-20-2/h9-10,17H,3-8H2,1-2H3,(H,15,16). The summed E-state index contributed by atoms with van der Waals surface area (Å²) in [5.74, 6) is 0.379. The maximum atomic E-state index is 12.4. The molecule has 0 aliphatic rings.